The average Bonchev–Trinajstić information content (AvgIpc) is 2.97. The Labute approximate surface area is 149 Å². The van der Waals surface area contributed by atoms with E-state index >= 15 is 0 Å². The lowest BCUT2D eigenvalue weighted by Crippen LogP contribution is -2.34. The Hall–Kier alpha value is -1.57. The van der Waals surface area contributed by atoms with Crippen molar-refractivity contribution < 1.29 is 0 Å². The molecule has 0 bridgehead atoms. The summed E-state index contributed by atoms with van der Waals surface area (Å²) in [5.74, 6) is 1.06. The minimum atomic E-state index is 0. The van der Waals surface area contributed by atoms with Gasteiger partial charge in [0.15, 0.2) is 5.96 Å². The van der Waals surface area contributed by atoms with Crippen molar-refractivity contribution in [2.24, 2.45) is 16.6 Å². The van der Waals surface area contributed by atoms with Gasteiger partial charge in [0.2, 0.25) is 0 Å². The van der Waals surface area contributed by atoms with Gasteiger partial charge in [-0.3, -0.25) is 0 Å². The molecule has 1 aromatic heterocycles. The summed E-state index contributed by atoms with van der Waals surface area (Å²) < 4.78 is 2.04. The highest BCUT2D eigenvalue weighted by Gasteiger charge is 1.98. The lowest BCUT2D eigenvalue weighted by molar-refractivity contribution is 0.622. The lowest BCUT2D eigenvalue weighted by atomic mass is 10.1. The first kappa shape index (κ1) is 18.5. The Balaban J connectivity index is 0.00000242. The van der Waals surface area contributed by atoms with E-state index in [1.165, 1.54) is 5.56 Å². The van der Waals surface area contributed by atoms with Gasteiger partial charge in [-0.15, -0.1) is 24.0 Å². The molecule has 3 N–H and O–H groups in total. The predicted molar refractivity (Wildman–Crippen MR) is 101 cm³/mol. The number of hydrogen-bond donors (Lipinski definition) is 2. The Bertz CT molecular complexity index is 561. The van der Waals surface area contributed by atoms with Gasteiger partial charge in [0.1, 0.15) is 0 Å². The largest absolute Gasteiger partial charge is 0.370 e. The smallest absolute Gasteiger partial charge is 0.188 e. The van der Waals surface area contributed by atoms with Crippen LogP contribution in [-0.2, 0) is 13.1 Å². The molecule has 1 aromatic carbocycles. The number of nitrogens with zero attached hydrogens (tertiary/aromatic N) is 3. The van der Waals surface area contributed by atoms with Gasteiger partial charge in [0, 0.05) is 25.5 Å². The van der Waals surface area contributed by atoms with E-state index in [-0.39, 0.29) is 24.0 Å². The molecule has 2 rings (SSSR count). The third kappa shape index (κ3) is 6.46. The van der Waals surface area contributed by atoms with E-state index in [0.717, 1.165) is 18.7 Å². The summed E-state index contributed by atoms with van der Waals surface area (Å²) in [7, 11) is 0. The predicted octanol–water partition coefficient (Wildman–Crippen LogP) is 2.61. The number of benzene rings is 1. The van der Waals surface area contributed by atoms with Gasteiger partial charge < -0.3 is 15.6 Å². The molecule has 2 aromatic rings. The van der Waals surface area contributed by atoms with Crippen molar-refractivity contribution in [1.82, 2.24) is 14.9 Å². The number of halogens is 1. The third-order valence-corrected chi connectivity index (χ3v) is 3.07. The normalized spacial score (nSPS) is 11.3. The number of imidazole rings is 1. The highest BCUT2D eigenvalue weighted by Crippen LogP contribution is 2.07. The Morgan fingerprint density at radius 1 is 1.27 bits per heavy atom. The highest BCUT2D eigenvalue weighted by molar-refractivity contribution is 14.0. The van der Waals surface area contributed by atoms with E-state index in [4.69, 9.17) is 5.73 Å². The summed E-state index contributed by atoms with van der Waals surface area (Å²) in [6.07, 6.45) is 5.56. The molecule has 120 valence electrons. The maximum Gasteiger partial charge on any atom is 0.188 e. The van der Waals surface area contributed by atoms with Crippen molar-refractivity contribution in [1.29, 1.82) is 0 Å². The second kappa shape index (κ2) is 9.45. The summed E-state index contributed by atoms with van der Waals surface area (Å²) in [5, 5.41) is 3.11. The molecule has 0 saturated heterocycles. The van der Waals surface area contributed by atoms with Gasteiger partial charge in [-0.1, -0.05) is 38.1 Å². The van der Waals surface area contributed by atoms with Crippen molar-refractivity contribution in [3.63, 3.8) is 0 Å². The van der Waals surface area contributed by atoms with Crippen LogP contribution in [0.1, 0.15) is 25.0 Å². The van der Waals surface area contributed by atoms with Crippen molar-refractivity contribution in [2.45, 2.75) is 26.9 Å². The third-order valence-electron chi connectivity index (χ3n) is 3.07. The number of rotatable bonds is 6. The minimum absolute atomic E-state index is 0. The number of hydrogen-bond acceptors (Lipinski definition) is 2. The van der Waals surface area contributed by atoms with Gasteiger partial charge in [0.05, 0.1) is 12.9 Å². The maximum absolute atomic E-state index is 5.82. The fourth-order valence-electron chi connectivity index (χ4n) is 1.88. The zero-order chi connectivity index (χ0) is 15.1. The molecule has 0 amide bonds. The quantitative estimate of drug-likeness (QED) is 0.435. The van der Waals surface area contributed by atoms with E-state index in [0.29, 0.717) is 18.4 Å². The number of aliphatic imine (C=N–C) groups is 1. The van der Waals surface area contributed by atoms with Crippen LogP contribution >= 0.6 is 24.0 Å². The monoisotopic (exact) mass is 413 g/mol. The molecule has 0 radical (unpaired) electrons. The van der Waals surface area contributed by atoms with E-state index in [9.17, 15) is 0 Å². The fourth-order valence-corrected chi connectivity index (χ4v) is 1.88. The van der Waals surface area contributed by atoms with Crippen LogP contribution in [0.4, 0.5) is 0 Å². The Morgan fingerprint density at radius 2 is 1.95 bits per heavy atom. The molecular formula is C16H24IN5. The molecule has 6 heteroatoms. The van der Waals surface area contributed by atoms with E-state index < -0.39 is 0 Å². The van der Waals surface area contributed by atoms with Gasteiger partial charge in [-0.25, -0.2) is 9.98 Å². The topological polar surface area (TPSA) is 68.2 Å². The van der Waals surface area contributed by atoms with Crippen LogP contribution in [0.25, 0.3) is 0 Å². The van der Waals surface area contributed by atoms with Crippen LogP contribution < -0.4 is 11.1 Å². The molecule has 0 aliphatic rings. The van der Waals surface area contributed by atoms with Gasteiger partial charge in [-0.05, 0) is 17.0 Å². The number of guanidine groups is 1. The van der Waals surface area contributed by atoms with Crippen LogP contribution in [0.15, 0.2) is 48.0 Å². The molecule has 0 aliphatic heterocycles. The molecule has 5 nitrogen and oxygen atoms in total. The summed E-state index contributed by atoms with van der Waals surface area (Å²) in [6.45, 7) is 6.56. The molecule has 0 aliphatic carbocycles. The zero-order valence-corrected chi connectivity index (χ0v) is 15.4. The van der Waals surface area contributed by atoms with Crippen molar-refractivity contribution >= 4 is 29.9 Å². The second-order valence-corrected chi connectivity index (χ2v) is 5.53. The number of nitrogens with two attached hydrogens (primary N) is 1. The van der Waals surface area contributed by atoms with Crippen LogP contribution in [0.2, 0.25) is 0 Å². The average molecular weight is 413 g/mol. The summed E-state index contributed by atoms with van der Waals surface area (Å²) in [5.41, 5.74) is 8.21. The van der Waals surface area contributed by atoms with Crippen molar-refractivity contribution in [3.8, 4) is 0 Å². The van der Waals surface area contributed by atoms with Gasteiger partial charge in [0.25, 0.3) is 0 Å². The van der Waals surface area contributed by atoms with Crippen LogP contribution in [-0.4, -0.2) is 22.1 Å². The summed E-state index contributed by atoms with van der Waals surface area (Å²) in [4.78, 5) is 8.38. The van der Waals surface area contributed by atoms with E-state index in [1.807, 2.05) is 17.1 Å². The van der Waals surface area contributed by atoms with Crippen LogP contribution in [0.5, 0.6) is 0 Å². The van der Waals surface area contributed by atoms with E-state index in [2.05, 4.69) is 53.4 Å². The van der Waals surface area contributed by atoms with Crippen molar-refractivity contribution in [2.75, 3.05) is 6.54 Å². The minimum Gasteiger partial charge on any atom is -0.370 e. The van der Waals surface area contributed by atoms with Crippen LogP contribution in [0, 0.1) is 5.92 Å². The molecule has 0 atom stereocenters. The molecule has 1 heterocycles. The number of aromatic nitrogens is 2. The summed E-state index contributed by atoms with van der Waals surface area (Å²) in [6, 6.07) is 8.40. The molecule has 0 fully saturated rings. The fraction of sp³-hybridized carbons (Fsp3) is 0.375. The van der Waals surface area contributed by atoms with E-state index in [1.54, 1.807) is 6.20 Å². The second-order valence-electron chi connectivity index (χ2n) is 5.53. The summed E-state index contributed by atoms with van der Waals surface area (Å²) >= 11 is 0. The maximum atomic E-state index is 5.82. The van der Waals surface area contributed by atoms with Crippen LogP contribution in [0.3, 0.4) is 0 Å². The first-order valence-corrected chi connectivity index (χ1v) is 7.21. The molecule has 0 saturated carbocycles. The first-order valence-electron chi connectivity index (χ1n) is 7.21. The van der Waals surface area contributed by atoms with Gasteiger partial charge in [-0.2, -0.15) is 0 Å². The standard InChI is InChI=1S/C16H23N5.HI/c1-13(2)9-19-16(17)20-10-14-3-5-15(6-4-14)11-21-8-7-18-12-21;/h3-8,12-13H,9-11H2,1-2H3,(H3,17,19,20);1H. The first-order chi connectivity index (χ1) is 10.1. The van der Waals surface area contributed by atoms with Gasteiger partial charge >= 0.3 is 0 Å². The Kier molecular flexibility index (Phi) is 7.94. The highest BCUT2D eigenvalue weighted by atomic mass is 127. The SMILES string of the molecule is CC(C)CNC(N)=NCc1ccc(Cn2ccnc2)cc1.I. The van der Waals surface area contributed by atoms with Crippen molar-refractivity contribution in [3.05, 3.63) is 54.1 Å². The molecular weight excluding hydrogens is 389 g/mol. The Morgan fingerprint density at radius 3 is 2.55 bits per heavy atom. The number of nitrogens with one attached hydrogen (secondary N) is 1. The molecule has 22 heavy (non-hydrogen) atoms. The lowest BCUT2D eigenvalue weighted by Gasteiger charge is -2.08. The zero-order valence-electron chi connectivity index (χ0n) is 13.1. The molecule has 0 spiro atoms. The molecule has 0 unspecified atom stereocenters.